The highest BCUT2D eigenvalue weighted by atomic mass is 35.5. The van der Waals surface area contributed by atoms with E-state index in [2.05, 4.69) is 4.90 Å². The van der Waals surface area contributed by atoms with E-state index in [1.54, 1.807) is 0 Å². The molecule has 2 aliphatic rings. The van der Waals surface area contributed by atoms with Gasteiger partial charge in [-0.25, -0.2) is 0 Å². The van der Waals surface area contributed by atoms with Crippen LogP contribution in [-0.2, 0) is 4.74 Å². The summed E-state index contributed by atoms with van der Waals surface area (Å²) in [6, 6.07) is 5.68. The van der Waals surface area contributed by atoms with Crippen molar-refractivity contribution in [1.82, 2.24) is 0 Å². The third kappa shape index (κ3) is 1.64. The molecule has 0 aromatic heterocycles. The molecule has 4 heteroatoms. The van der Waals surface area contributed by atoms with Crippen LogP contribution in [0.5, 0.6) is 0 Å². The summed E-state index contributed by atoms with van der Waals surface area (Å²) in [6.07, 6.45) is 3.03. The Hall–Kier alpha value is -0.930. The summed E-state index contributed by atoms with van der Waals surface area (Å²) < 4.78 is 5.80. The monoisotopic (exact) mass is 238 g/mol. The normalized spacial score (nSPS) is 28.4. The Morgan fingerprint density at radius 3 is 2.56 bits per heavy atom. The average molecular weight is 239 g/mol. The molecule has 2 atom stereocenters. The van der Waals surface area contributed by atoms with E-state index < -0.39 is 0 Å². The molecular formula is C12H15ClN2O. The van der Waals surface area contributed by atoms with Crippen LogP contribution in [0, 0.1) is 0 Å². The Morgan fingerprint density at radius 2 is 1.94 bits per heavy atom. The summed E-state index contributed by atoms with van der Waals surface area (Å²) in [5.41, 5.74) is 7.73. The molecule has 86 valence electrons. The number of nitrogens with two attached hydrogens (primary N) is 1. The van der Waals surface area contributed by atoms with Gasteiger partial charge in [-0.1, -0.05) is 17.7 Å². The maximum absolute atomic E-state index is 6.22. The second kappa shape index (κ2) is 3.82. The topological polar surface area (TPSA) is 38.5 Å². The summed E-state index contributed by atoms with van der Waals surface area (Å²) in [5, 5.41) is 0.737. The quantitative estimate of drug-likeness (QED) is 0.763. The van der Waals surface area contributed by atoms with Crippen molar-refractivity contribution in [1.29, 1.82) is 0 Å². The van der Waals surface area contributed by atoms with Crippen LogP contribution in [0.2, 0.25) is 5.02 Å². The number of rotatable bonds is 1. The Kier molecular flexibility index (Phi) is 2.45. The van der Waals surface area contributed by atoms with Crippen LogP contribution in [-0.4, -0.2) is 25.3 Å². The smallest absolute Gasteiger partial charge is 0.0790 e. The van der Waals surface area contributed by atoms with Crippen molar-refractivity contribution in [3.8, 4) is 0 Å². The number of benzene rings is 1. The number of anilines is 2. The summed E-state index contributed by atoms with van der Waals surface area (Å²) >= 11 is 6.22. The molecule has 2 heterocycles. The zero-order valence-corrected chi connectivity index (χ0v) is 9.78. The Balaban J connectivity index is 1.92. The average Bonchev–Trinajstić information content (AvgIpc) is 2.58. The lowest BCUT2D eigenvalue weighted by Crippen LogP contribution is -2.43. The first-order valence-electron chi connectivity index (χ1n) is 5.68. The van der Waals surface area contributed by atoms with E-state index in [4.69, 9.17) is 22.1 Å². The second-order valence-electron chi connectivity index (χ2n) is 4.54. The first-order valence-corrected chi connectivity index (χ1v) is 6.06. The fraction of sp³-hybridized carbons (Fsp3) is 0.500. The second-order valence-corrected chi connectivity index (χ2v) is 4.95. The van der Waals surface area contributed by atoms with Crippen molar-refractivity contribution < 1.29 is 4.74 Å². The van der Waals surface area contributed by atoms with Crippen molar-refractivity contribution in [3.63, 3.8) is 0 Å². The van der Waals surface area contributed by atoms with E-state index in [9.17, 15) is 0 Å². The Labute approximate surface area is 100 Å². The van der Waals surface area contributed by atoms with Gasteiger partial charge in [0.05, 0.1) is 28.6 Å². The molecule has 2 saturated heterocycles. The van der Waals surface area contributed by atoms with Crippen molar-refractivity contribution >= 4 is 23.0 Å². The predicted molar refractivity (Wildman–Crippen MR) is 66.0 cm³/mol. The molecule has 0 radical (unpaired) electrons. The van der Waals surface area contributed by atoms with Gasteiger partial charge in [-0.3, -0.25) is 0 Å². The summed E-state index contributed by atoms with van der Waals surface area (Å²) in [7, 11) is 0. The zero-order valence-electron chi connectivity index (χ0n) is 9.03. The molecule has 1 aromatic rings. The molecule has 0 saturated carbocycles. The molecule has 0 amide bonds. The number of hydrogen-bond donors (Lipinski definition) is 1. The lowest BCUT2D eigenvalue weighted by Gasteiger charge is -2.35. The van der Waals surface area contributed by atoms with Crippen LogP contribution in [0.4, 0.5) is 11.4 Å². The lowest BCUT2D eigenvalue weighted by molar-refractivity contribution is 0.0305. The van der Waals surface area contributed by atoms with Crippen LogP contribution in [0.3, 0.4) is 0 Å². The standard InChI is InChI=1S/C12H15ClN2O/c13-10-2-1-3-11(14)12(10)15-6-8-4-5-9(7-15)16-8/h1-3,8-9H,4-7,14H2. The maximum Gasteiger partial charge on any atom is 0.0790 e. The highest BCUT2D eigenvalue weighted by Gasteiger charge is 2.34. The molecule has 1 aromatic carbocycles. The van der Waals surface area contributed by atoms with Crippen molar-refractivity contribution in [2.24, 2.45) is 0 Å². The number of para-hydroxylation sites is 1. The van der Waals surface area contributed by atoms with Gasteiger partial charge in [-0.2, -0.15) is 0 Å². The number of nitrogens with zero attached hydrogens (tertiary/aromatic N) is 1. The van der Waals surface area contributed by atoms with Gasteiger partial charge in [-0.15, -0.1) is 0 Å². The third-order valence-electron chi connectivity index (χ3n) is 3.38. The fourth-order valence-electron chi connectivity index (χ4n) is 2.66. The van der Waals surface area contributed by atoms with E-state index in [1.165, 1.54) is 0 Å². The van der Waals surface area contributed by atoms with E-state index in [0.717, 1.165) is 42.3 Å². The van der Waals surface area contributed by atoms with Crippen molar-refractivity contribution in [2.75, 3.05) is 23.7 Å². The number of ether oxygens (including phenoxy) is 1. The highest BCUT2D eigenvalue weighted by molar-refractivity contribution is 6.34. The molecule has 3 nitrogen and oxygen atoms in total. The van der Waals surface area contributed by atoms with Gasteiger partial charge in [0.1, 0.15) is 0 Å². The van der Waals surface area contributed by atoms with E-state index in [-0.39, 0.29) is 0 Å². The van der Waals surface area contributed by atoms with Crippen LogP contribution >= 0.6 is 11.6 Å². The minimum atomic E-state index is 0.356. The SMILES string of the molecule is Nc1cccc(Cl)c1N1CC2CCC(C1)O2. The molecule has 3 rings (SSSR count). The fourth-order valence-corrected chi connectivity index (χ4v) is 2.96. The van der Waals surface area contributed by atoms with Gasteiger partial charge in [0, 0.05) is 13.1 Å². The largest absolute Gasteiger partial charge is 0.397 e. The minimum Gasteiger partial charge on any atom is -0.397 e. The Bertz CT molecular complexity index is 378. The summed E-state index contributed by atoms with van der Waals surface area (Å²) in [6.45, 7) is 1.81. The summed E-state index contributed by atoms with van der Waals surface area (Å²) in [4.78, 5) is 2.27. The Morgan fingerprint density at radius 1 is 1.25 bits per heavy atom. The highest BCUT2D eigenvalue weighted by Crippen LogP contribution is 2.36. The first-order chi connectivity index (χ1) is 7.74. The van der Waals surface area contributed by atoms with Gasteiger partial charge in [0.25, 0.3) is 0 Å². The van der Waals surface area contributed by atoms with Crippen LogP contribution in [0.15, 0.2) is 18.2 Å². The van der Waals surface area contributed by atoms with Crippen molar-refractivity contribution in [3.05, 3.63) is 23.2 Å². The van der Waals surface area contributed by atoms with Gasteiger partial charge in [-0.05, 0) is 25.0 Å². The van der Waals surface area contributed by atoms with Gasteiger partial charge >= 0.3 is 0 Å². The maximum atomic E-state index is 6.22. The lowest BCUT2D eigenvalue weighted by atomic mass is 10.2. The van der Waals surface area contributed by atoms with Crippen LogP contribution < -0.4 is 10.6 Å². The number of nitrogen functional groups attached to an aromatic ring is 1. The first kappa shape index (κ1) is 10.2. The van der Waals surface area contributed by atoms with Gasteiger partial charge < -0.3 is 15.4 Å². The molecule has 16 heavy (non-hydrogen) atoms. The number of morpholine rings is 1. The molecule has 2 N–H and O–H groups in total. The molecule has 2 bridgehead atoms. The van der Waals surface area contributed by atoms with Gasteiger partial charge in [0.15, 0.2) is 0 Å². The molecule has 2 fully saturated rings. The molecule has 0 spiro atoms. The molecule has 2 unspecified atom stereocenters. The summed E-state index contributed by atoms with van der Waals surface area (Å²) in [5.74, 6) is 0. The predicted octanol–water partition coefficient (Wildman–Crippen LogP) is 2.29. The number of hydrogen-bond acceptors (Lipinski definition) is 3. The third-order valence-corrected chi connectivity index (χ3v) is 3.68. The van der Waals surface area contributed by atoms with E-state index in [1.807, 2.05) is 18.2 Å². The number of halogens is 1. The minimum absolute atomic E-state index is 0.356. The molecular weight excluding hydrogens is 224 g/mol. The molecule has 2 aliphatic heterocycles. The zero-order chi connectivity index (χ0) is 11.1. The van der Waals surface area contributed by atoms with Gasteiger partial charge in [0.2, 0.25) is 0 Å². The van der Waals surface area contributed by atoms with E-state index >= 15 is 0 Å². The number of fused-ring (bicyclic) bond motifs is 2. The van der Waals surface area contributed by atoms with Crippen LogP contribution in [0.25, 0.3) is 0 Å². The van der Waals surface area contributed by atoms with E-state index in [0.29, 0.717) is 12.2 Å². The molecule has 0 aliphatic carbocycles. The van der Waals surface area contributed by atoms with Crippen molar-refractivity contribution in [2.45, 2.75) is 25.0 Å². The van der Waals surface area contributed by atoms with Crippen LogP contribution in [0.1, 0.15) is 12.8 Å².